The molecule has 12 N–H and O–H groups in total. The Bertz CT molecular complexity index is 1530. The summed E-state index contributed by atoms with van der Waals surface area (Å²) in [6.07, 6.45) is 1.37. The van der Waals surface area contributed by atoms with Gasteiger partial charge in [0, 0.05) is 47.1 Å². The second-order valence-electron chi connectivity index (χ2n) is 11.9. The summed E-state index contributed by atoms with van der Waals surface area (Å²) in [6, 6.07) is 9.05. The monoisotopic (exact) mass is 837 g/mol. The first-order valence-electron chi connectivity index (χ1n) is 16.8. The minimum Gasteiger partial charge on any atom is -0.508 e. The van der Waals surface area contributed by atoms with Crippen LogP contribution in [0.4, 0.5) is 0 Å². The number of phenolic OH excluding ortho intramolecular Hbond substituents is 1. The third-order valence-corrected chi connectivity index (χ3v) is 9.29. The number of phenols is 1. The number of rotatable bonds is 19. The number of nitrogens with one attached hydrogen (secondary N) is 6. The zero-order chi connectivity index (χ0) is 38.6. The predicted molar refractivity (Wildman–Crippen MR) is 208 cm³/mol. The summed E-state index contributed by atoms with van der Waals surface area (Å²) in [7, 11) is 4.91. The number of aliphatic imine (C=N–C) groups is 2. The molecule has 18 heteroatoms. The van der Waals surface area contributed by atoms with Gasteiger partial charge in [0.05, 0.1) is 28.9 Å². The molecule has 4 atom stereocenters. The van der Waals surface area contributed by atoms with Crippen molar-refractivity contribution in [3.63, 3.8) is 0 Å². The standard InChI is InChI=1S/C34H52IN11O6/c1-21-18-24(47)15-14-23(21)20-28(46(35)31(50)25(36)12-8-16-41-33(38-2)39-3)30(49)43-26(13-9-17-42-34(40-4)45-37)29(48)44-27(32(51)52)19-22-10-6-5-7-11-22/h5-7,10-11,14-15,18,25-28,47H,8-9,12-13,16-17,19-20,36-37H2,1-4H3,(H,43,49)(H,44,48)(H,51,52)(H2,38,39,41)(H2,40,42,45)/t25-,26-,27-,28-/m0/s1. The molecule has 0 bridgehead atoms. The summed E-state index contributed by atoms with van der Waals surface area (Å²) in [5.41, 5.74) is 10.8. The van der Waals surface area contributed by atoms with Crippen LogP contribution in [0.1, 0.15) is 42.4 Å². The predicted octanol–water partition coefficient (Wildman–Crippen LogP) is -0.192. The van der Waals surface area contributed by atoms with E-state index in [2.05, 4.69) is 42.0 Å². The van der Waals surface area contributed by atoms with Crippen LogP contribution in [0.5, 0.6) is 5.75 Å². The Morgan fingerprint density at radius 2 is 1.50 bits per heavy atom. The van der Waals surface area contributed by atoms with Gasteiger partial charge >= 0.3 is 5.97 Å². The molecule has 3 amide bonds. The fraction of sp³-hybridized carbons (Fsp3) is 0.471. The maximum atomic E-state index is 14.2. The van der Waals surface area contributed by atoms with Crippen molar-refractivity contribution in [3.8, 4) is 5.75 Å². The molecule has 0 radical (unpaired) electrons. The normalized spacial score (nSPS) is 13.9. The van der Waals surface area contributed by atoms with E-state index >= 15 is 0 Å². The number of benzene rings is 2. The van der Waals surface area contributed by atoms with E-state index in [-0.39, 0.29) is 25.0 Å². The van der Waals surface area contributed by atoms with Crippen molar-refractivity contribution in [1.29, 1.82) is 0 Å². The number of hydrogen-bond donors (Lipinski definition) is 10. The van der Waals surface area contributed by atoms with Crippen LogP contribution in [0.2, 0.25) is 0 Å². The van der Waals surface area contributed by atoms with E-state index in [0.29, 0.717) is 61.0 Å². The average Bonchev–Trinajstić information content (AvgIpc) is 3.13. The maximum absolute atomic E-state index is 14.2. The molecule has 0 aromatic heterocycles. The molecule has 0 heterocycles. The van der Waals surface area contributed by atoms with Gasteiger partial charge in [0.25, 0.3) is 0 Å². The number of carbonyl (C=O) groups is 4. The van der Waals surface area contributed by atoms with E-state index in [1.165, 1.54) is 16.2 Å². The van der Waals surface area contributed by atoms with Gasteiger partial charge in [-0.2, -0.15) is 0 Å². The SMILES string of the molecule is C/N=C(\NC)NCCC[C@H](N)C(=O)N(I)[C@@H](Cc1ccc(O)cc1C)C(=O)N[C@@H](CCCN/C(=N\C)NN)C(=O)N[C@@H](Cc1ccccc1)C(=O)O. The van der Waals surface area contributed by atoms with Crippen molar-refractivity contribution in [1.82, 2.24) is 35.1 Å². The molecule has 2 aromatic rings. The van der Waals surface area contributed by atoms with E-state index in [1.54, 1.807) is 86.3 Å². The number of aryl methyl sites for hydroxylation is 1. The summed E-state index contributed by atoms with van der Waals surface area (Å²) in [5.74, 6) is 3.32. The summed E-state index contributed by atoms with van der Waals surface area (Å²) >= 11 is 1.77. The number of aliphatic carboxylic acids is 1. The number of halogens is 1. The molecule has 0 saturated heterocycles. The van der Waals surface area contributed by atoms with E-state index in [0.717, 1.165) is 0 Å². The molecule has 17 nitrogen and oxygen atoms in total. The number of nitrogens with two attached hydrogens (primary N) is 2. The van der Waals surface area contributed by atoms with Gasteiger partial charge in [-0.25, -0.2) is 10.6 Å². The Labute approximate surface area is 318 Å². The lowest BCUT2D eigenvalue weighted by atomic mass is 9.99. The second kappa shape index (κ2) is 23.0. The first-order valence-corrected chi connectivity index (χ1v) is 17.8. The molecule has 0 aliphatic heterocycles. The van der Waals surface area contributed by atoms with Gasteiger partial charge in [-0.15, -0.1) is 0 Å². The number of amides is 3. The van der Waals surface area contributed by atoms with E-state index < -0.39 is 47.9 Å². The van der Waals surface area contributed by atoms with Gasteiger partial charge in [-0.3, -0.25) is 32.9 Å². The summed E-state index contributed by atoms with van der Waals surface area (Å²) in [4.78, 5) is 61.7. The molecule has 2 aromatic carbocycles. The van der Waals surface area contributed by atoms with E-state index in [9.17, 15) is 29.4 Å². The zero-order valence-corrected chi connectivity index (χ0v) is 32.1. The molecule has 286 valence electrons. The van der Waals surface area contributed by atoms with Crippen LogP contribution in [0, 0.1) is 6.92 Å². The van der Waals surface area contributed by atoms with Crippen molar-refractivity contribution in [2.45, 2.75) is 69.6 Å². The van der Waals surface area contributed by atoms with Gasteiger partial charge in [0.15, 0.2) is 5.96 Å². The maximum Gasteiger partial charge on any atom is 0.326 e. The smallest absolute Gasteiger partial charge is 0.326 e. The van der Waals surface area contributed by atoms with Crippen LogP contribution in [-0.2, 0) is 32.0 Å². The van der Waals surface area contributed by atoms with Gasteiger partial charge in [0.1, 0.15) is 23.9 Å². The van der Waals surface area contributed by atoms with Crippen LogP contribution in [0.15, 0.2) is 58.5 Å². The minimum atomic E-state index is -1.27. The fourth-order valence-corrected chi connectivity index (χ4v) is 6.01. The molecular formula is C34H52IN11O6. The van der Waals surface area contributed by atoms with Gasteiger partial charge in [0.2, 0.25) is 23.7 Å². The fourth-order valence-electron chi connectivity index (χ4n) is 5.20. The lowest BCUT2D eigenvalue weighted by Gasteiger charge is -2.30. The molecule has 0 unspecified atom stereocenters. The molecule has 0 aliphatic carbocycles. The summed E-state index contributed by atoms with van der Waals surface area (Å²) in [5, 5.41) is 34.3. The number of aromatic hydroxyl groups is 1. The second-order valence-corrected chi connectivity index (χ2v) is 13.0. The zero-order valence-electron chi connectivity index (χ0n) is 30.0. The molecule has 0 fully saturated rings. The Hall–Kier alpha value is -4.69. The van der Waals surface area contributed by atoms with Crippen molar-refractivity contribution >= 4 is 58.5 Å². The number of carbonyl (C=O) groups excluding carboxylic acids is 3. The quantitative estimate of drug-likeness (QED) is 0.0168. The van der Waals surface area contributed by atoms with Crippen molar-refractivity contribution in [3.05, 3.63) is 65.2 Å². The number of carboxylic acid groups (broad SMARTS) is 1. The van der Waals surface area contributed by atoms with E-state index in [4.69, 9.17) is 11.6 Å². The highest BCUT2D eigenvalue weighted by Crippen LogP contribution is 2.22. The first kappa shape index (κ1) is 43.5. The minimum absolute atomic E-state index is 0.0241. The van der Waals surface area contributed by atoms with Crippen LogP contribution >= 0.6 is 22.9 Å². The van der Waals surface area contributed by atoms with Gasteiger partial charge in [-0.1, -0.05) is 36.4 Å². The third-order valence-electron chi connectivity index (χ3n) is 8.14. The lowest BCUT2D eigenvalue weighted by molar-refractivity contribution is -0.142. The third kappa shape index (κ3) is 14.5. The van der Waals surface area contributed by atoms with Crippen molar-refractivity contribution in [2.75, 3.05) is 34.2 Å². The molecule has 0 aliphatic rings. The van der Waals surface area contributed by atoms with Gasteiger partial charge < -0.3 is 42.5 Å². The van der Waals surface area contributed by atoms with Crippen LogP contribution in [0.3, 0.4) is 0 Å². The number of nitrogens with zero attached hydrogens (tertiary/aromatic N) is 3. The highest BCUT2D eigenvalue weighted by molar-refractivity contribution is 14.1. The van der Waals surface area contributed by atoms with Crippen LogP contribution < -0.4 is 43.6 Å². The number of guanidine groups is 2. The van der Waals surface area contributed by atoms with Crippen LogP contribution in [-0.4, -0.2) is 107 Å². The molecule has 52 heavy (non-hydrogen) atoms. The lowest BCUT2D eigenvalue weighted by Crippen LogP contribution is -2.57. The van der Waals surface area contributed by atoms with Crippen molar-refractivity contribution < 1.29 is 29.4 Å². The summed E-state index contributed by atoms with van der Waals surface area (Å²) < 4.78 is 1.24. The molecule has 0 saturated carbocycles. The molecule has 2 rings (SSSR count). The van der Waals surface area contributed by atoms with Crippen LogP contribution in [0.25, 0.3) is 0 Å². The first-order chi connectivity index (χ1) is 24.8. The Kier molecular flexibility index (Phi) is 19.2. The number of hydrazine groups is 1. The Morgan fingerprint density at radius 1 is 0.885 bits per heavy atom. The molecule has 0 spiro atoms. The number of carboxylic acids is 1. The van der Waals surface area contributed by atoms with E-state index in [1.807, 2.05) is 0 Å². The summed E-state index contributed by atoms with van der Waals surface area (Å²) in [6.45, 7) is 2.60. The van der Waals surface area contributed by atoms with Gasteiger partial charge in [-0.05, 0) is 61.4 Å². The highest BCUT2D eigenvalue weighted by atomic mass is 127. The largest absolute Gasteiger partial charge is 0.508 e. The van der Waals surface area contributed by atoms with Crippen molar-refractivity contribution in [2.24, 2.45) is 21.6 Å². The number of hydrogen-bond acceptors (Lipinski definition) is 9. The Balaban J connectivity index is 2.35. The molecular weight excluding hydrogens is 785 g/mol. The Morgan fingerprint density at radius 3 is 2.08 bits per heavy atom. The highest BCUT2D eigenvalue weighted by Gasteiger charge is 2.35. The average molecular weight is 838 g/mol. The topological polar surface area (TPSA) is 261 Å².